The second-order valence-corrected chi connectivity index (χ2v) is 9.85. The minimum atomic E-state index is -0.641. The number of ether oxygens (including phenoxy) is 1. The predicted octanol–water partition coefficient (Wildman–Crippen LogP) is 1.87. The molecule has 0 bridgehead atoms. The van der Waals surface area contributed by atoms with Gasteiger partial charge in [0.1, 0.15) is 11.8 Å². The average molecular weight is 435 g/mol. The topological polar surface area (TPSA) is 84.5 Å². The highest BCUT2D eigenvalue weighted by molar-refractivity contribution is 8.01. The molecule has 3 unspecified atom stereocenters. The molecule has 6 nitrogen and oxygen atoms in total. The molecule has 2 fully saturated rings. The largest absolute Gasteiger partial charge is 0.465 e. The number of fused-ring (bicyclic) bond motifs is 1. The zero-order chi connectivity index (χ0) is 20.4. The molecule has 1 aromatic rings. The van der Waals surface area contributed by atoms with Gasteiger partial charge >= 0.3 is 5.97 Å². The fourth-order valence-corrected chi connectivity index (χ4v) is 6.80. The van der Waals surface area contributed by atoms with E-state index in [9.17, 15) is 14.4 Å². The van der Waals surface area contributed by atoms with Gasteiger partial charge in [-0.25, -0.2) is 0 Å². The molecule has 8 heteroatoms. The smallest absolute Gasteiger partial charge is 0.324 e. The van der Waals surface area contributed by atoms with Crippen LogP contribution in [-0.2, 0) is 25.5 Å². The van der Waals surface area contributed by atoms with E-state index in [1.807, 2.05) is 12.1 Å². The van der Waals surface area contributed by atoms with E-state index in [2.05, 4.69) is 22.8 Å². The first-order chi connectivity index (χ1) is 14.1. The summed E-state index contributed by atoms with van der Waals surface area (Å²) in [4.78, 5) is 38.5. The highest BCUT2D eigenvalue weighted by Crippen LogP contribution is 2.38. The summed E-state index contributed by atoms with van der Waals surface area (Å²) in [6.45, 7) is 2.03. The van der Waals surface area contributed by atoms with Crippen LogP contribution in [0.25, 0.3) is 0 Å². The minimum Gasteiger partial charge on any atom is -0.465 e. The summed E-state index contributed by atoms with van der Waals surface area (Å²) in [5.74, 6) is 0.995. The molecule has 0 radical (unpaired) electrons. The van der Waals surface area contributed by atoms with Crippen molar-refractivity contribution >= 4 is 41.1 Å². The van der Waals surface area contributed by atoms with Crippen LogP contribution in [0.4, 0.5) is 0 Å². The fourth-order valence-electron chi connectivity index (χ4n) is 4.47. The van der Waals surface area contributed by atoms with Gasteiger partial charge in [-0.05, 0) is 36.8 Å². The fraction of sp³-hybridized carbons (Fsp3) is 0.571. The van der Waals surface area contributed by atoms with Crippen molar-refractivity contribution in [1.29, 1.82) is 0 Å². The van der Waals surface area contributed by atoms with Crippen LogP contribution in [0.2, 0.25) is 0 Å². The second kappa shape index (κ2) is 9.20. The lowest BCUT2D eigenvalue weighted by Crippen LogP contribution is -2.51. The molecular formula is C21H26N2O4S2. The zero-order valence-electron chi connectivity index (χ0n) is 16.4. The van der Waals surface area contributed by atoms with Crippen LogP contribution in [0.1, 0.15) is 36.8 Å². The molecule has 2 heterocycles. The molecule has 3 aliphatic rings. The first-order valence-electron chi connectivity index (χ1n) is 10.1. The molecule has 0 aromatic heterocycles. The van der Waals surface area contributed by atoms with Crippen molar-refractivity contribution in [2.75, 3.05) is 18.4 Å². The van der Waals surface area contributed by atoms with E-state index in [0.29, 0.717) is 18.2 Å². The molecule has 2 aliphatic heterocycles. The van der Waals surface area contributed by atoms with E-state index in [4.69, 9.17) is 4.74 Å². The van der Waals surface area contributed by atoms with Crippen molar-refractivity contribution < 1.29 is 19.1 Å². The number of esters is 1. The Bertz CT molecular complexity index is 803. The lowest BCUT2D eigenvalue weighted by molar-refractivity contribution is -0.146. The summed E-state index contributed by atoms with van der Waals surface area (Å²) in [6.07, 6.45) is 2.47. The Morgan fingerprint density at radius 3 is 2.59 bits per heavy atom. The van der Waals surface area contributed by atoms with Gasteiger partial charge in [0.05, 0.1) is 23.1 Å². The number of hydrogen-bond acceptors (Lipinski definition) is 8. The summed E-state index contributed by atoms with van der Waals surface area (Å²) in [5, 5.41) is 5.35. The van der Waals surface area contributed by atoms with Gasteiger partial charge in [-0.2, -0.15) is 0 Å². The number of nitrogens with one attached hydrogen (secondary N) is 2. The van der Waals surface area contributed by atoms with Crippen LogP contribution in [0.5, 0.6) is 0 Å². The Morgan fingerprint density at radius 1 is 1.07 bits per heavy atom. The van der Waals surface area contributed by atoms with Crippen molar-refractivity contribution in [2.24, 2.45) is 0 Å². The molecule has 2 N–H and O–H groups in total. The highest BCUT2D eigenvalue weighted by Gasteiger charge is 2.47. The van der Waals surface area contributed by atoms with Gasteiger partial charge in [0.25, 0.3) is 0 Å². The molecular weight excluding hydrogens is 408 g/mol. The third-order valence-electron chi connectivity index (χ3n) is 5.89. The van der Waals surface area contributed by atoms with Crippen LogP contribution < -0.4 is 10.6 Å². The Hall–Kier alpha value is -1.35. The lowest BCUT2D eigenvalue weighted by atomic mass is 9.91. The zero-order valence-corrected chi connectivity index (χ0v) is 18.0. The van der Waals surface area contributed by atoms with E-state index in [-0.39, 0.29) is 29.3 Å². The molecule has 4 rings (SSSR count). The number of carbonyl (C=O) groups is 3. The molecule has 2 saturated heterocycles. The van der Waals surface area contributed by atoms with E-state index in [1.54, 1.807) is 6.92 Å². The van der Waals surface area contributed by atoms with Gasteiger partial charge in [0.2, 0.25) is 0 Å². The van der Waals surface area contributed by atoms with Gasteiger partial charge < -0.3 is 4.74 Å². The average Bonchev–Trinajstić information content (AvgIpc) is 3.47. The van der Waals surface area contributed by atoms with Crippen LogP contribution >= 0.6 is 23.5 Å². The number of thioether (sulfide) groups is 2. The van der Waals surface area contributed by atoms with Crippen molar-refractivity contribution in [1.82, 2.24) is 10.6 Å². The number of carbonyl (C=O) groups excluding carboxylic acids is 3. The number of rotatable bonds is 7. The third-order valence-corrected chi connectivity index (χ3v) is 8.31. The third kappa shape index (κ3) is 4.26. The Balaban J connectivity index is 1.43. The molecule has 0 spiro atoms. The van der Waals surface area contributed by atoms with Crippen LogP contribution in [0, 0.1) is 0 Å². The normalized spacial score (nSPS) is 30.9. The van der Waals surface area contributed by atoms with Crippen LogP contribution in [0.3, 0.4) is 0 Å². The maximum absolute atomic E-state index is 13.2. The monoisotopic (exact) mass is 434 g/mol. The molecule has 0 saturated carbocycles. The van der Waals surface area contributed by atoms with Crippen molar-refractivity contribution in [3.8, 4) is 0 Å². The van der Waals surface area contributed by atoms with Crippen LogP contribution in [0.15, 0.2) is 24.3 Å². The highest BCUT2D eigenvalue weighted by atomic mass is 32.2. The van der Waals surface area contributed by atoms with Gasteiger partial charge in [-0.3, -0.25) is 25.0 Å². The van der Waals surface area contributed by atoms with Crippen molar-refractivity contribution in [3.05, 3.63) is 35.4 Å². The molecule has 156 valence electrons. The van der Waals surface area contributed by atoms with Gasteiger partial charge in [0, 0.05) is 18.2 Å². The molecule has 29 heavy (non-hydrogen) atoms. The predicted molar refractivity (Wildman–Crippen MR) is 115 cm³/mol. The molecule has 1 aliphatic carbocycles. The van der Waals surface area contributed by atoms with Crippen LogP contribution in [-0.4, -0.2) is 58.5 Å². The number of benzene rings is 1. The van der Waals surface area contributed by atoms with Crippen molar-refractivity contribution in [2.45, 2.75) is 54.7 Å². The first kappa shape index (κ1) is 20.9. The summed E-state index contributed by atoms with van der Waals surface area (Å²) in [6, 6.07) is 7.14. The molecule has 1 aromatic carbocycles. The van der Waals surface area contributed by atoms with E-state index in [1.165, 1.54) is 34.7 Å². The first-order valence-corrected chi connectivity index (χ1v) is 12.2. The molecule has 0 amide bonds. The second-order valence-electron chi connectivity index (χ2n) is 7.59. The summed E-state index contributed by atoms with van der Waals surface area (Å²) in [7, 11) is 0. The number of Topliss-reactive ketones (excluding diaryl/α,β-unsaturated/α-hetero) is 2. The Kier molecular flexibility index (Phi) is 6.63. The van der Waals surface area contributed by atoms with Gasteiger partial charge in [0.15, 0.2) is 5.78 Å². The summed E-state index contributed by atoms with van der Waals surface area (Å²) in [5.41, 5.74) is 2.61. The molecule has 5 atom stereocenters. The van der Waals surface area contributed by atoms with E-state index >= 15 is 0 Å². The Labute approximate surface area is 179 Å². The standard InChI is InChI=1S/C21H26N2O4S2/c1-2-27-21(26)17-20(29-11-23-17)18(25)16-19(28-10-22-16)15(24)9-13-8-7-12-5-3-4-6-14(12)13/h3-6,13,16-17,19-20,22-23H,2,7-11H2,1H3/t13?,16-,17+,19?,20?/m1/s1. The van der Waals surface area contributed by atoms with Crippen molar-refractivity contribution in [3.63, 3.8) is 0 Å². The quantitative estimate of drug-likeness (QED) is 0.630. The summed E-state index contributed by atoms with van der Waals surface area (Å²) < 4.78 is 5.11. The summed E-state index contributed by atoms with van der Waals surface area (Å²) >= 11 is 2.92. The Morgan fingerprint density at radius 2 is 1.79 bits per heavy atom. The van der Waals surface area contributed by atoms with E-state index in [0.717, 1.165) is 12.8 Å². The SMILES string of the molecule is CCOC(=O)[C@H]1NCSC1C(=O)[C@H]1NCSC1C(=O)CC1CCc2ccccc21. The maximum atomic E-state index is 13.2. The van der Waals surface area contributed by atoms with E-state index < -0.39 is 23.3 Å². The van der Waals surface area contributed by atoms with Gasteiger partial charge in [-0.15, -0.1) is 23.5 Å². The maximum Gasteiger partial charge on any atom is 0.324 e. The number of aryl methyl sites for hydroxylation is 1. The number of hydrogen-bond donors (Lipinski definition) is 2. The lowest BCUT2D eigenvalue weighted by Gasteiger charge is -2.23. The number of ketones is 2. The van der Waals surface area contributed by atoms with Gasteiger partial charge in [-0.1, -0.05) is 24.3 Å². The minimum absolute atomic E-state index is 0.0757.